The number of carbonyl (C=O) groups is 1. The fourth-order valence-corrected chi connectivity index (χ4v) is 1.22. The van der Waals surface area contributed by atoms with Crippen LogP contribution >= 0.6 is 0 Å². The highest BCUT2D eigenvalue weighted by molar-refractivity contribution is 6.01. The minimum absolute atomic E-state index is 0.105. The van der Waals surface area contributed by atoms with Crippen LogP contribution in [0.5, 0.6) is 0 Å². The van der Waals surface area contributed by atoms with Crippen molar-refractivity contribution >= 4 is 5.78 Å². The highest BCUT2D eigenvalue weighted by atomic mass is 16.1. The van der Waals surface area contributed by atoms with Gasteiger partial charge in [0.15, 0.2) is 5.78 Å². The van der Waals surface area contributed by atoms with Gasteiger partial charge in [0.2, 0.25) is 0 Å². The van der Waals surface area contributed by atoms with Crippen LogP contribution in [-0.2, 0) is 4.79 Å². The lowest BCUT2D eigenvalue weighted by Crippen LogP contribution is -2.28. The predicted molar refractivity (Wildman–Crippen MR) is 49.4 cm³/mol. The molecule has 64 valence electrons. The van der Waals surface area contributed by atoms with Gasteiger partial charge in [-0.2, -0.15) is 0 Å². The zero-order valence-electron chi connectivity index (χ0n) is 7.50. The van der Waals surface area contributed by atoms with Gasteiger partial charge < -0.3 is 4.90 Å². The molecule has 1 heterocycles. The van der Waals surface area contributed by atoms with Crippen LogP contribution in [0.1, 0.15) is 6.92 Å². The summed E-state index contributed by atoms with van der Waals surface area (Å²) >= 11 is 0. The Morgan fingerprint density at radius 3 is 2.75 bits per heavy atom. The summed E-state index contributed by atoms with van der Waals surface area (Å²) in [6.45, 7) is 9.26. The Morgan fingerprint density at radius 1 is 1.67 bits per heavy atom. The minimum Gasteiger partial charge on any atom is -0.354 e. The van der Waals surface area contributed by atoms with Crippen molar-refractivity contribution in [2.24, 2.45) is 5.92 Å². The molecular formula is C10H13NO. The van der Waals surface area contributed by atoms with Crippen molar-refractivity contribution in [3.05, 3.63) is 36.7 Å². The Balaban J connectivity index is 3.07. The fourth-order valence-electron chi connectivity index (χ4n) is 1.22. The maximum absolute atomic E-state index is 11.5. The van der Waals surface area contributed by atoms with E-state index in [9.17, 15) is 4.79 Å². The number of Topliss-reactive ketones (excluding diaryl/α,β-unsaturated/α-hetero) is 1. The lowest BCUT2D eigenvalue weighted by Gasteiger charge is -2.28. The van der Waals surface area contributed by atoms with Crippen molar-refractivity contribution in [2.45, 2.75) is 6.92 Å². The zero-order chi connectivity index (χ0) is 9.30. The number of allylic oxidation sites excluding steroid dienone is 3. The van der Waals surface area contributed by atoms with Crippen LogP contribution in [0.25, 0.3) is 0 Å². The SMILES string of the molecule is C=CC1=CN(C)C(=C)C(C)C1=O. The van der Waals surface area contributed by atoms with Crippen molar-refractivity contribution < 1.29 is 4.79 Å². The summed E-state index contributed by atoms with van der Waals surface area (Å²) in [7, 11) is 1.88. The maximum Gasteiger partial charge on any atom is 0.172 e. The van der Waals surface area contributed by atoms with Gasteiger partial charge in [-0.15, -0.1) is 0 Å². The van der Waals surface area contributed by atoms with E-state index in [1.54, 1.807) is 12.3 Å². The molecule has 0 aromatic carbocycles. The molecule has 1 aliphatic heterocycles. The molecule has 1 unspecified atom stereocenters. The van der Waals surface area contributed by atoms with Gasteiger partial charge in [0.1, 0.15) is 0 Å². The number of carbonyl (C=O) groups excluding carboxylic acids is 1. The smallest absolute Gasteiger partial charge is 0.172 e. The lowest BCUT2D eigenvalue weighted by atomic mass is 9.93. The molecule has 0 saturated heterocycles. The largest absolute Gasteiger partial charge is 0.354 e. The Morgan fingerprint density at radius 2 is 2.25 bits per heavy atom. The van der Waals surface area contributed by atoms with Crippen LogP contribution in [0.2, 0.25) is 0 Å². The molecule has 0 aliphatic carbocycles. The molecule has 2 heteroatoms. The Hall–Kier alpha value is -1.31. The summed E-state index contributed by atoms with van der Waals surface area (Å²) in [6, 6.07) is 0. The molecule has 0 radical (unpaired) electrons. The molecule has 0 saturated carbocycles. The number of hydrogen-bond donors (Lipinski definition) is 0. The van der Waals surface area contributed by atoms with Gasteiger partial charge in [-0.3, -0.25) is 4.79 Å². The summed E-state index contributed by atoms with van der Waals surface area (Å²) < 4.78 is 0. The molecule has 0 spiro atoms. The molecule has 0 aromatic heterocycles. The van der Waals surface area contributed by atoms with Crippen LogP contribution in [0.15, 0.2) is 36.7 Å². The maximum atomic E-state index is 11.5. The van der Waals surface area contributed by atoms with Crippen molar-refractivity contribution in [1.29, 1.82) is 0 Å². The van der Waals surface area contributed by atoms with Gasteiger partial charge in [0, 0.05) is 24.5 Å². The Kier molecular flexibility index (Phi) is 2.18. The average Bonchev–Trinajstić information content (AvgIpc) is 2.08. The molecule has 1 rings (SSSR count). The van der Waals surface area contributed by atoms with E-state index in [1.165, 1.54) is 0 Å². The van der Waals surface area contributed by atoms with E-state index in [1.807, 2.05) is 18.9 Å². The molecule has 1 atom stereocenters. The second-order valence-electron chi connectivity index (χ2n) is 2.98. The fraction of sp³-hybridized carbons (Fsp3) is 0.300. The van der Waals surface area contributed by atoms with E-state index < -0.39 is 0 Å². The second-order valence-corrected chi connectivity index (χ2v) is 2.98. The van der Waals surface area contributed by atoms with E-state index in [4.69, 9.17) is 0 Å². The summed E-state index contributed by atoms with van der Waals surface area (Å²) in [6.07, 6.45) is 3.35. The third-order valence-electron chi connectivity index (χ3n) is 2.18. The van der Waals surface area contributed by atoms with Crippen molar-refractivity contribution in [1.82, 2.24) is 4.90 Å². The van der Waals surface area contributed by atoms with E-state index in [0.29, 0.717) is 5.57 Å². The van der Waals surface area contributed by atoms with E-state index >= 15 is 0 Å². The second kappa shape index (κ2) is 2.97. The number of hydrogen-bond acceptors (Lipinski definition) is 2. The van der Waals surface area contributed by atoms with Crippen LogP contribution in [-0.4, -0.2) is 17.7 Å². The molecular weight excluding hydrogens is 150 g/mol. The lowest BCUT2D eigenvalue weighted by molar-refractivity contribution is -0.118. The molecule has 0 aromatic rings. The molecule has 2 nitrogen and oxygen atoms in total. The quantitative estimate of drug-likeness (QED) is 0.586. The molecule has 1 aliphatic rings. The molecule has 0 amide bonds. The van der Waals surface area contributed by atoms with Crippen molar-refractivity contribution in [2.75, 3.05) is 7.05 Å². The van der Waals surface area contributed by atoms with Gasteiger partial charge in [0.05, 0.1) is 5.92 Å². The number of nitrogens with zero attached hydrogens (tertiary/aromatic N) is 1. The normalized spacial score (nSPS) is 24.0. The van der Waals surface area contributed by atoms with Gasteiger partial charge in [-0.05, 0) is 6.92 Å². The molecule has 12 heavy (non-hydrogen) atoms. The molecule has 0 fully saturated rings. The van der Waals surface area contributed by atoms with Crippen LogP contribution in [0, 0.1) is 5.92 Å². The third kappa shape index (κ3) is 1.20. The third-order valence-corrected chi connectivity index (χ3v) is 2.18. The van der Waals surface area contributed by atoms with E-state index in [-0.39, 0.29) is 11.7 Å². The summed E-state index contributed by atoms with van der Waals surface area (Å²) in [4.78, 5) is 13.3. The van der Waals surface area contributed by atoms with Crippen molar-refractivity contribution in [3.63, 3.8) is 0 Å². The monoisotopic (exact) mass is 163 g/mol. The topological polar surface area (TPSA) is 20.3 Å². The summed E-state index contributed by atoms with van der Waals surface area (Å²) in [5.41, 5.74) is 1.50. The van der Waals surface area contributed by atoms with Gasteiger partial charge >= 0.3 is 0 Å². The first-order chi connectivity index (χ1) is 5.57. The highest BCUT2D eigenvalue weighted by Crippen LogP contribution is 2.23. The van der Waals surface area contributed by atoms with Gasteiger partial charge in [0.25, 0.3) is 0 Å². The minimum atomic E-state index is -0.118. The van der Waals surface area contributed by atoms with E-state index in [0.717, 1.165) is 5.70 Å². The average molecular weight is 163 g/mol. The number of ketones is 1. The molecule has 0 N–H and O–H groups in total. The molecule has 0 bridgehead atoms. The van der Waals surface area contributed by atoms with Gasteiger partial charge in [-0.25, -0.2) is 0 Å². The van der Waals surface area contributed by atoms with E-state index in [2.05, 4.69) is 13.2 Å². The van der Waals surface area contributed by atoms with Crippen molar-refractivity contribution in [3.8, 4) is 0 Å². The first kappa shape index (κ1) is 8.78. The standard InChI is InChI=1S/C10H13NO/c1-5-9-6-11(4)8(3)7(2)10(9)12/h5-7H,1,3H2,2,4H3. The summed E-state index contributed by atoms with van der Waals surface area (Å²) in [5.74, 6) is -0.0129. The van der Waals surface area contributed by atoms with Crippen LogP contribution in [0.4, 0.5) is 0 Å². The zero-order valence-corrected chi connectivity index (χ0v) is 7.50. The van der Waals surface area contributed by atoms with Gasteiger partial charge in [-0.1, -0.05) is 19.2 Å². The first-order valence-corrected chi connectivity index (χ1v) is 3.88. The Bertz CT molecular complexity index is 276. The predicted octanol–water partition coefficient (Wildman–Crippen LogP) is 1.72. The Labute approximate surface area is 72.9 Å². The highest BCUT2D eigenvalue weighted by Gasteiger charge is 2.25. The van der Waals surface area contributed by atoms with Crippen LogP contribution < -0.4 is 0 Å². The summed E-state index contributed by atoms with van der Waals surface area (Å²) in [5, 5.41) is 0. The first-order valence-electron chi connectivity index (χ1n) is 3.88. The number of rotatable bonds is 1. The van der Waals surface area contributed by atoms with Crippen LogP contribution in [0.3, 0.4) is 0 Å².